The van der Waals surface area contributed by atoms with Crippen LogP contribution in [0.1, 0.15) is 40.8 Å². The summed E-state index contributed by atoms with van der Waals surface area (Å²) < 4.78 is 14.5. The van der Waals surface area contributed by atoms with Gasteiger partial charge < -0.3 is 5.32 Å². The summed E-state index contributed by atoms with van der Waals surface area (Å²) in [5.41, 5.74) is 4.47. The van der Waals surface area contributed by atoms with Crippen LogP contribution in [0.25, 0.3) is 0 Å². The van der Waals surface area contributed by atoms with Crippen LogP contribution in [0.5, 0.6) is 0 Å². The molecule has 1 nitrogen and oxygen atoms in total. The van der Waals surface area contributed by atoms with Crippen LogP contribution in [0.2, 0.25) is 5.02 Å². The van der Waals surface area contributed by atoms with Crippen molar-refractivity contribution in [3.05, 3.63) is 69.0 Å². The molecule has 2 aromatic carbocycles. The van der Waals surface area contributed by atoms with Crippen molar-refractivity contribution in [2.45, 2.75) is 33.7 Å². The van der Waals surface area contributed by atoms with E-state index in [-0.39, 0.29) is 11.9 Å². The summed E-state index contributed by atoms with van der Waals surface area (Å²) in [6.07, 6.45) is 0. The van der Waals surface area contributed by atoms with E-state index >= 15 is 0 Å². The van der Waals surface area contributed by atoms with Crippen molar-refractivity contribution in [2.24, 2.45) is 0 Å². The summed E-state index contributed by atoms with van der Waals surface area (Å²) >= 11 is 6.45. The first-order valence-electron chi connectivity index (χ1n) is 7.20. The van der Waals surface area contributed by atoms with Crippen molar-refractivity contribution >= 4 is 11.6 Å². The van der Waals surface area contributed by atoms with E-state index in [1.807, 2.05) is 52.0 Å². The Morgan fingerprint density at radius 3 is 2.48 bits per heavy atom. The molecule has 0 saturated carbocycles. The smallest absolute Gasteiger partial charge is 0.128 e. The summed E-state index contributed by atoms with van der Waals surface area (Å²) in [4.78, 5) is 0. The largest absolute Gasteiger partial charge is 0.306 e. The van der Waals surface area contributed by atoms with Gasteiger partial charge in [0.1, 0.15) is 5.82 Å². The fourth-order valence-corrected chi connectivity index (χ4v) is 2.99. The molecular formula is C18H21ClFN. The van der Waals surface area contributed by atoms with Crippen molar-refractivity contribution in [3.8, 4) is 0 Å². The Bertz CT molecular complexity index is 629. The maximum Gasteiger partial charge on any atom is 0.128 e. The first-order valence-corrected chi connectivity index (χ1v) is 7.58. The number of hydrogen-bond donors (Lipinski definition) is 1. The Labute approximate surface area is 131 Å². The second-order valence-electron chi connectivity index (χ2n) is 5.45. The molecule has 0 spiro atoms. The monoisotopic (exact) mass is 305 g/mol. The lowest BCUT2D eigenvalue weighted by atomic mass is 9.92. The van der Waals surface area contributed by atoms with Gasteiger partial charge in [-0.15, -0.1) is 0 Å². The third-order valence-corrected chi connectivity index (χ3v) is 4.23. The van der Waals surface area contributed by atoms with Crippen molar-refractivity contribution in [3.63, 3.8) is 0 Å². The van der Waals surface area contributed by atoms with Crippen LogP contribution >= 0.6 is 11.6 Å². The van der Waals surface area contributed by atoms with Crippen LogP contribution in [-0.4, -0.2) is 6.54 Å². The first kappa shape index (κ1) is 16.0. The van der Waals surface area contributed by atoms with Crippen LogP contribution in [0.4, 0.5) is 4.39 Å². The molecule has 0 fully saturated rings. The number of benzene rings is 2. The number of nitrogens with one attached hydrogen (secondary N) is 1. The SMILES string of the molecule is CCNC(c1cccc(C)c1Cl)c1c(C)cc(C)cc1F. The summed E-state index contributed by atoms with van der Waals surface area (Å²) in [5, 5.41) is 4.06. The molecule has 0 aliphatic heterocycles. The molecule has 0 saturated heterocycles. The van der Waals surface area contributed by atoms with Gasteiger partial charge in [0.25, 0.3) is 0 Å². The van der Waals surface area contributed by atoms with Gasteiger partial charge >= 0.3 is 0 Å². The molecule has 0 amide bonds. The normalized spacial score (nSPS) is 12.5. The molecule has 2 rings (SSSR count). The van der Waals surface area contributed by atoms with Gasteiger partial charge in [0.05, 0.1) is 6.04 Å². The summed E-state index contributed by atoms with van der Waals surface area (Å²) in [6, 6.07) is 9.24. The van der Waals surface area contributed by atoms with Crippen LogP contribution in [-0.2, 0) is 0 Å². The Kier molecular flexibility index (Phi) is 5.02. The Balaban J connectivity index is 2.62. The van der Waals surface area contributed by atoms with E-state index in [1.165, 1.54) is 0 Å². The minimum atomic E-state index is -0.233. The van der Waals surface area contributed by atoms with E-state index in [0.29, 0.717) is 10.6 Å². The minimum absolute atomic E-state index is 0.184. The van der Waals surface area contributed by atoms with Crippen LogP contribution in [0.3, 0.4) is 0 Å². The van der Waals surface area contributed by atoms with Gasteiger partial charge in [-0.1, -0.05) is 42.8 Å². The second-order valence-corrected chi connectivity index (χ2v) is 5.82. The number of hydrogen-bond acceptors (Lipinski definition) is 1. The number of rotatable bonds is 4. The quantitative estimate of drug-likeness (QED) is 0.828. The lowest BCUT2D eigenvalue weighted by Crippen LogP contribution is -2.24. The highest BCUT2D eigenvalue weighted by molar-refractivity contribution is 6.32. The van der Waals surface area contributed by atoms with Gasteiger partial charge in [0.2, 0.25) is 0 Å². The zero-order valence-electron chi connectivity index (χ0n) is 12.9. The molecule has 2 aromatic rings. The molecule has 0 heterocycles. The predicted molar refractivity (Wildman–Crippen MR) is 87.6 cm³/mol. The van der Waals surface area contributed by atoms with Gasteiger partial charge in [-0.2, -0.15) is 0 Å². The van der Waals surface area contributed by atoms with Crippen LogP contribution in [0, 0.1) is 26.6 Å². The van der Waals surface area contributed by atoms with Crippen molar-refractivity contribution in [2.75, 3.05) is 6.54 Å². The lowest BCUT2D eigenvalue weighted by molar-refractivity contribution is 0.555. The predicted octanol–water partition coefficient (Wildman–Crippen LogP) is 5.10. The second kappa shape index (κ2) is 6.59. The highest BCUT2D eigenvalue weighted by Crippen LogP contribution is 2.33. The molecule has 0 aliphatic rings. The van der Waals surface area contributed by atoms with E-state index in [9.17, 15) is 4.39 Å². The molecule has 112 valence electrons. The highest BCUT2D eigenvalue weighted by atomic mass is 35.5. The molecular weight excluding hydrogens is 285 g/mol. The minimum Gasteiger partial charge on any atom is -0.306 e. The van der Waals surface area contributed by atoms with E-state index in [1.54, 1.807) is 6.07 Å². The summed E-state index contributed by atoms with van der Waals surface area (Å²) in [5.74, 6) is -0.184. The van der Waals surface area contributed by atoms with E-state index < -0.39 is 0 Å². The third-order valence-electron chi connectivity index (χ3n) is 3.71. The average Bonchev–Trinajstić information content (AvgIpc) is 2.40. The molecule has 1 atom stereocenters. The fraction of sp³-hybridized carbons (Fsp3) is 0.333. The average molecular weight is 306 g/mol. The van der Waals surface area contributed by atoms with Crippen LogP contribution in [0.15, 0.2) is 30.3 Å². The Morgan fingerprint density at radius 1 is 1.14 bits per heavy atom. The zero-order valence-corrected chi connectivity index (χ0v) is 13.7. The van der Waals surface area contributed by atoms with Gasteiger partial charge in [-0.3, -0.25) is 0 Å². The van der Waals surface area contributed by atoms with Crippen LogP contribution < -0.4 is 5.32 Å². The van der Waals surface area contributed by atoms with Gasteiger partial charge in [0, 0.05) is 10.6 Å². The standard InChI is InChI=1S/C18H21ClFN/c1-5-21-18(14-8-6-7-12(3)17(14)19)16-13(4)9-11(2)10-15(16)20/h6-10,18,21H,5H2,1-4H3. The summed E-state index contributed by atoms with van der Waals surface area (Å²) in [6.45, 7) is 8.56. The topological polar surface area (TPSA) is 12.0 Å². The van der Waals surface area contributed by atoms with Crippen molar-refractivity contribution < 1.29 is 4.39 Å². The van der Waals surface area contributed by atoms with E-state index in [4.69, 9.17) is 11.6 Å². The van der Waals surface area contributed by atoms with E-state index in [0.717, 1.165) is 28.8 Å². The molecule has 0 bridgehead atoms. The van der Waals surface area contributed by atoms with E-state index in [2.05, 4.69) is 5.32 Å². The first-order chi connectivity index (χ1) is 9.95. The number of halogens is 2. The third kappa shape index (κ3) is 3.28. The Hall–Kier alpha value is -1.38. The fourth-order valence-electron chi connectivity index (χ4n) is 2.76. The van der Waals surface area contributed by atoms with Gasteiger partial charge in [0.15, 0.2) is 0 Å². The van der Waals surface area contributed by atoms with Gasteiger partial charge in [-0.05, 0) is 55.6 Å². The number of aryl methyl sites for hydroxylation is 3. The molecule has 1 N–H and O–H groups in total. The Morgan fingerprint density at radius 2 is 1.86 bits per heavy atom. The maximum absolute atomic E-state index is 14.5. The lowest BCUT2D eigenvalue weighted by Gasteiger charge is -2.23. The van der Waals surface area contributed by atoms with Crippen molar-refractivity contribution in [1.29, 1.82) is 0 Å². The summed E-state index contributed by atoms with van der Waals surface area (Å²) in [7, 11) is 0. The molecule has 1 unspecified atom stereocenters. The van der Waals surface area contributed by atoms with Crippen molar-refractivity contribution in [1.82, 2.24) is 5.32 Å². The molecule has 21 heavy (non-hydrogen) atoms. The highest BCUT2D eigenvalue weighted by Gasteiger charge is 2.22. The molecule has 0 radical (unpaired) electrons. The molecule has 3 heteroatoms. The van der Waals surface area contributed by atoms with Gasteiger partial charge in [-0.25, -0.2) is 4.39 Å². The maximum atomic E-state index is 14.5. The molecule has 0 aliphatic carbocycles. The molecule has 0 aromatic heterocycles. The zero-order chi connectivity index (χ0) is 15.6.